The lowest BCUT2D eigenvalue weighted by Crippen LogP contribution is -2.33. The summed E-state index contributed by atoms with van der Waals surface area (Å²) in [6.45, 7) is 9.63. The van der Waals surface area contributed by atoms with Crippen LogP contribution < -0.4 is 9.74 Å². The van der Waals surface area contributed by atoms with Gasteiger partial charge < -0.3 is 48.4 Å². The van der Waals surface area contributed by atoms with E-state index in [0.717, 1.165) is 5.70 Å². The summed E-state index contributed by atoms with van der Waals surface area (Å²) in [6, 6.07) is 10.9. The van der Waals surface area contributed by atoms with Gasteiger partial charge in [0.2, 0.25) is 17.4 Å². The van der Waals surface area contributed by atoms with Gasteiger partial charge >= 0.3 is 5.97 Å². The zero-order valence-electron chi connectivity index (χ0n) is 42.4. The monoisotopic (exact) mass is 1100 g/mol. The first-order valence-corrected chi connectivity index (χ1v) is 28.6. The molecule has 2 aromatic carbocycles. The topological polar surface area (TPSA) is 296 Å². The molecule has 2 atom stereocenters. The zero-order valence-corrected chi connectivity index (χ0v) is 44.9. The molecule has 74 heavy (non-hydrogen) atoms. The quantitative estimate of drug-likeness (QED) is 0.0305. The highest BCUT2D eigenvalue weighted by atomic mass is 32.2. The molecule has 1 aromatic heterocycles. The van der Waals surface area contributed by atoms with Crippen molar-refractivity contribution in [3.8, 4) is 11.8 Å². The third-order valence-corrected chi connectivity index (χ3v) is 15.4. The third-order valence-electron chi connectivity index (χ3n) is 12.9. The number of fused-ring (bicyclic) bond motifs is 2. The van der Waals surface area contributed by atoms with Gasteiger partial charge in [-0.05, 0) is 100 Å². The van der Waals surface area contributed by atoms with E-state index in [0.29, 0.717) is 110 Å². The Labute approximate surface area is 433 Å². The summed E-state index contributed by atoms with van der Waals surface area (Å²) in [5, 5.41) is 19.8. The highest BCUT2D eigenvalue weighted by molar-refractivity contribution is 7.86. The largest absolute Gasteiger partial charge is 0.492 e. The standard InChI is InChI=1S/C49H69N3O19S3/c1-36(33-44-49(3,18-21-65-4)40-35-38(74(62,63)64)11-13-41(40)50(44)19-8-6-7-10-47(55)71-52-45(53)15-16-46(52)54)32-43-48(2,17-9-31-72(56,57)58)39-34-37(73(59,60)61)12-14-42(39)51(43)20-22-67-25-26-69-29-30-70-28-27-68-24-23-66-5/h11-16,32-35H,6-10,17-31H2,1-5H3,(H4-,53,54,56,57,58,59,60,61,62,63,64)/p+1. The van der Waals surface area contributed by atoms with Crippen LogP contribution >= 0.6 is 0 Å². The molecule has 3 heterocycles. The molecule has 3 aromatic rings. The fourth-order valence-corrected chi connectivity index (χ4v) is 10.6. The first kappa shape index (κ1) is 60.1. The van der Waals surface area contributed by atoms with Gasteiger partial charge in [0.15, 0.2) is 12.3 Å². The molecule has 22 nitrogen and oxygen atoms in total. The summed E-state index contributed by atoms with van der Waals surface area (Å²) in [6.07, 6.45) is 5.69. The van der Waals surface area contributed by atoms with Crippen LogP contribution in [0.1, 0.15) is 76.8 Å². The van der Waals surface area contributed by atoms with E-state index in [4.69, 9.17) is 33.3 Å². The number of allylic oxidation sites excluding steroid dienone is 4. The van der Waals surface area contributed by atoms with Gasteiger partial charge in [-0.1, -0.05) is 6.42 Å². The molecule has 0 amide bonds. The SMILES string of the molecule is COCCOCCOCCOCCOCC[N+]1=C(C=C(C)C=C2N(CCCCCC(=O)On3c(O)ccc3O)c3ccc(S(=O)(=O)O)cc3C2(C)CCOC)C(C)(CCCS(=O)(=O)O)c2cc(S(=O)(=O)O)ccc21. The van der Waals surface area contributed by atoms with Crippen molar-refractivity contribution in [3.63, 3.8) is 0 Å². The van der Waals surface area contributed by atoms with Crippen LogP contribution in [0.15, 0.2) is 81.7 Å². The summed E-state index contributed by atoms with van der Waals surface area (Å²) < 4.78 is 140. The first-order valence-electron chi connectivity index (χ1n) is 24.1. The van der Waals surface area contributed by atoms with Crippen LogP contribution in [0, 0.1) is 0 Å². The van der Waals surface area contributed by atoms with Gasteiger partial charge in [0.05, 0.1) is 73.8 Å². The Morgan fingerprint density at radius 3 is 1.78 bits per heavy atom. The van der Waals surface area contributed by atoms with Gasteiger partial charge in [-0.15, -0.1) is 4.73 Å². The second-order valence-corrected chi connectivity index (χ2v) is 22.7. The number of anilines is 1. The molecule has 0 aliphatic carbocycles. The Kier molecular flexibility index (Phi) is 21.8. The summed E-state index contributed by atoms with van der Waals surface area (Å²) in [4.78, 5) is 19.1. The average Bonchev–Trinajstić information content (AvgIpc) is 3.85. The van der Waals surface area contributed by atoms with Gasteiger partial charge in [0, 0.05) is 80.4 Å². The lowest BCUT2D eigenvalue weighted by molar-refractivity contribution is -0.442. The normalized spacial score (nSPS) is 18.7. The van der Waals surface area contributed by atoms with Crippen molar-refractivity contribution in [1.29, 1.82) is 0 Å². The van der Waals surface area contributed by atoms with E-state index in [2.05, 4.69) is 0 Å². The molecular weight excluding hydrogens is 1030 g/mol. The number of aromatic hydroxyl groups is 2. The van der Waals surface area contributed by atoms with Gasteiger partial charge in [0.25, 0.3) is 30.4 Å². The lowest BCUT2D eigenvalue weighted by Gasteiger charge is -2.31. The van der Waals surface area contributed by atoms with Crippen molar-refractivity contribution in [2.75, 3.05) is 104 Å². The Hall–Kier alpha value is -4.77. The number of ether oxygens (including phenoxy) is 6. The molecule has 5 N–H and O–H groups in total. The zero-order chi connectivity index (χ0) is 54.3. The predicted molar refractivity (Wildman–Crippen MR) is 271 cm³/mol. The molecule has 5 rings (SSSR count). The van der Waals surface area contributed by atoms with Crippen LogP contribution in [0.3, 0.4) is 0 Å². The maximum Gasteiger partial charge on any atom is 0.333 e. The smallest absolute Gasteiger partial charge is 0.333 e. The number of nitrogens with zero attached hydrogens (tertiary/aromatic N) is 3. The van der Waals surface area contributed by atoms with Gasteiger partial charge in [-0.2, -0.15) is 29.8 Å². The highest BCUT2D eigenvalue weighted by Crippen LogP contribution is 2.51. The molecule has 0 radical (unpaired) electrons. The second-order valence-electron chi connectivity index (χ2n) is 18.3. The van der Waals surface area contributed by atoms with Gasteiger partial charge in [-0.3, -0.25) is 13.7 Å². The molecule has 0 saturated carbocycles. The molecule has 2 aliphatic rings. The average molecular weight is 1100 g/mol. The molecule has 0 saturated heterocycles. The van der Waals surface area contributed by atoms with E-state index in [9.17, 15) is 53.9 Å². The van der Waals surface area contributed by atoms with E-state index < -0.39 is 64.7 Å². The van der Waals surface area contributed by atoms with Crippen LogP contribution in [0.2, 0.25) is 0 Å². The summed E-state index contributed by atoms with van der Waals surface area (Å²) in [5.41, 5.74) is 2.31. The van der Waals surface area contributed by atoms with E-state index in [1.165, 1.54) is 36.4 Å². The predicted octanol–water partition coefficient (Wildman–Crippen LogP) is 4.99. The first-order chi connectivity index (χ1) is 34.9. The summed E-state index contributed by atoms with van der Waals surface area (Å²) >= 11 is 0. The maximum absolute atomic E-state index is 12.6. The van der Waals surface area contributed by atoms with Crippen LogP contribution in [0.4, 0.5) is 11.4 Å². The highest BCUT2D eigenvalue weighted by Gasteiger charge is 2.49. The van der Waals surface area contributed by atoms with E-state index in [1.54, 1.807) is 26.4 Å². The second kappa shape index (κ2) is 26.8. The number of methoxy groups -OCH3 is 2. The molecule has 0 fully saturated rings. The number of aromatic nitrogens is 1. The van der Waals surface area contributed by atoms with Crippen molar-refractivity contribution in [3.05, 3.63) is 83.1 Å². The third kappa shape index (κ3) is 16.1. The summed E-state index contributed by atoms with van der Waals surface area (Å²) in [5.74, 6) is -2.15. The van der Waals surface area contributed by atoms with E-state index >= 15 is 0 Å². The number of carbonyl (C=O) groups is 1. The number of hydrogen-bond donors (Lipinski definition) is 5. The number of unbranched alkanes of at least 4 members (excludes halogenated alkanes) is 2. The van der Waals surface area contributed by atoms with Crippen molar-refractivity contribution in [1.82, 2.24) is 4.73 Å². The Bertz CT molecular complexity index is 2830. The van der Waals surface area contributed by atoms with Crippen molar-refractivity contribution in [2.45, 2.75) is 86.3 Å². The molecule has 25 heteroatoms. The molecule has 2 unspecified atom stereocenters. The molecular formula is C49H70N3O19S3+. The van der Waals surface area contributed by atoms with Crippen molar-refractivity contribution < 1.29 is 91.8 Å². The van der Waals surface area contributed by atoms with E-state index in [1.807, 2.05) is 42.4 Å². The van der Waals surface area contributed by atoms with Crippen LogP contribution in [-0.2, 0) is 74.4 Å². The molecule has 0 spiro atoms. The van der Waals surface area contributed by atoms with Crippen LogP contribution in [0.25, 0.3) is 0 Å². The Balaban J connectivity index is 1.49. The molecule has 2 aliphatic heterocycles. The minimum atomic E-state index is -4.69. The van der Waals surface area contributed by atoms with Gasteiger partial charge in [0.1, 0.15) is 6.61 Å². The Morgan fingerprint density at radius 1 is 0.662 bits per heavy atom. The minimum Gasteiger partial charge on any atom is -0.492 e. The number of carbonyl (C=O) groups excluding carboxylic acids is 1. The number of hydrogen-bond acceptors (Lipinski definition) is 17. The minimum absolute atomic E-state index is 0.0299. The summed E-state index contributed by atoms with van der Waals surface area (Å²) in [7, 11) is -10.6. The van der Waals surface area contributed by atoms with Crippen molar-refractivity contribution >= 4 is 53.4 Å². The fourth-order valence-electron chi connectivity index (χ4n) is 9.12. The Morgan fingerprint density at radius 2 is 1.22 bits per heavy atom. The fraction of sp³-hybridized carbons (Fsp3) is 0.551. The molecule has 412 valence electrons. The molecule has 0 bridgehead atoms. The van der Waals surface area contributed by atoms with Crippen molar-refractivity contribution in [2.24, 2.45) is 0 Å². The maximum atomic E-state index is 12.6. The van der Waals surface area contributed by atoms with Crippen LogP contribution in [0.5, 0.6) is 11.8 Å². The van der Waals surface area contributed by atoms with Crippen LogP contribution in [-0.4, -0.2) is 169 Å². The van der Waals surface area contributed by atoms with E-state index in [-0.39, 0.29) is 62.0 Å². The lowest BCUT2D eigenvalue weighted by atomic mass is 9.75. The van der Waals surface area contributed by atoms with Gasteiger partial charge in [-0.25, -0.2) is 4.79 Å². The number of benzene rings is 2. The number of rotatable bonds is 33.